The number of hydrogen-bond acceptors (Lipinski definition) is 5. The Kier molecular flexibility index (Phi) is 3.88. The molecule has 1 saturated heterocycles. The summed E-state index contributed by atoms with van der Waals surface area (Å²) in [5.41, 5.74) is -1.02. The van der Waals surface area contributed by atoms with Gasteiger partial charge in [0.15, 0.2) is 6.23 Å². The molecule has 0 aliphatic carbocycles. The van der Waals surface area contributed by atoms with Crippen molar-refractivity contribution in [2.75, 3.05) is 7.11 Å². The maximum absolute atomic E-state index is 11.8. The highest BCUT2D eigenvalue weighted by Gasteiger charge is 2.45. The Morgan fingerprint density at radius 2 is 2.21 bits per heavy atom. The van der Waals surface area contributed by atoms with E-state index in [1.54, 1.807) is 6.92 Å². The van der Waals surface area contributed by atoms with Crippen molar-refractivity contribution < 1.29 is 14.6 Å². The molecule has 2 rings (SSSR count). The summed E-state index contributed by atoms with van der Waals surface area (Å²) in [6.07, 6.45) is -0.758. The third-order valence-corrected chi connectivity index (χ3v) is 3.49. The average molecular weight is 270 g/mol. The summed E-state index contributed by atoms with van der Waals surface area (Å²) >= 11 is 0. The van der Waals surface area contributed by atoms with E-state index in [2.05, 4.69) is 4.98 Å². The lowest BCUT2D eigenvalue weighted by molar-refractivity contribution is -0.0800. The maximum Gasteiger partial charge on any atom is 0.330 e. The Labute approximate surface area is 109 Å². The first-order valence-corrected chi connectivity index (χ1v) is 6.13. The summed E-state index contributed by atoms with van der Waals surface area (Å²) in [6.45, 7) is 3.52. The molecule has 0 saturated carbocycles. The first-order chi connectivity index (χ1) is 8.95. The third kappa shape index (κ3) is 2.49. The smallest absolute Gasteiger partial charge is 0.330 e. The van der Waals surface area contributed by atoms with Gasteiger partial charge in [-0.05, 0) is 6.92 Å². The molecule has 0 spiro atoms. The van der Waals surface area contributed by atoms with E-state index in [1.165, 1.54) is 23.9 Å². The van der Waals surface area contributed by atoms with Gasteiger partial charge in [-0.1, -0.05) is 6.92 Å². The lowest BCUT2D eigenvalue weighted by Crippen LogP contribution is -2.36. The molecule has 1 aromatic heterocycles. The van der Waals surface area contributed by atoms with Gasteiger partial charge in [0.2, 0.25) is 0 Å². The zero-order chi connectivity index (χ0) is 14.2. The number of rotatable bonds is 3. The van der Waals surface area contributed by atoms with Gasteiger partial charge >= 0.3 is 5.69 Å². The first-order valence-electron chi connectivity index (χ1n) is 6.13. The molecule has 19 heavy (non-hydrogen) atoms. The van der Waals surface area contributed by atoms with Gasteiger partial charge in [-0.15, -0.1) is 0 Å². The lowest BCUT2D eigenvalue weighted by Gasteiger charge is -2.20. The Morgan fingerprint density at radius 1 is 1.53 bits per heavy atom. The number of H-pyrrole nitrogens is 1. The van der Waals surface area contributed by atoms with Crippen LogP contribution in [0.4, 0.5) is 0 Å². The molecule has 7 heteroatoms. The number of aliphatic hydroxyl groups excluding tert-OH is 1. The van der Waals surface area contributed by atoms with E-state index in [1.807, 2.05) is 6.92 Å². The molecule has 1 unspecified atom stereocenters. The van der Waals surface area contributed by atoms with Gasteiger partial charge in [0, 0.05) is 25.3 Å². The molecular formula is C12H18N2O5. The van der Waals surface area contributed by atoms with E-state index in [0.29, 0.717) is 0 Å². The summed E-state index contributed by atoms with van der Waals surface area (Å²) in [7, 11) is 1.53. The molecule has 1 aromatic rings. The second kappa shape index (κ2) is 5.28. The van der Waals surface area contributed by atoms with Crippen LogP contribution >= 0.6 is 0 Å². The molecule has 1 fully saturated rings. The van der Waals surface area contributed by atoms with Crippen LogP contribution in [0.25, 0.3) is 0 Å². The zero-order valence-electron chi connectivity index (χ0n) is 11.1. The van der Waals surface area contributed by atoms with Crippen molar-refractivity contribution in [1.82, 2.24) is 9.55 Å². The Morgan fingerprint density at radius 3 is 2.74 bits per heavy atom. The van der Waals surface area contributed by atoms with E-state index >= 15 is 0 Å². The minimum absolute atomic E-state index is 0.0752. The third-order valence-electron chi connectivity index (χ3n) is 3.49. The number of nitrogens with one attached hydrogen (secondary N) is 1. The van der Waals surface area contributed by atoms with Crippen LogP contribution in [0.3, 0.4) is 0 Å². The Balaban J connectivity index is 2.38. The Bertz CT molecular complexity index is 550. The number of aromatic nitrogens is 2. The highest BCUT2D eigenvalue weighted by atomic mass is 16.6. The van der Waals surface area contributed by atoms with E-state index in [9.17, 15) is 14.7 Å². The van der Waals surface area contributed by atoms with Crippen LogP contribution in [0.2, 0.25) is 0 Å². The number of aromatic amines is 1. The standard InChI is InChI=1S/C12H18N2O5/c1-6-9(7(2)15)19-11(10(6)18-3)14-5-4-8(16)13-12(14)17/h4-7,9-11,15H,1-3H3,(H,13,16,17)/t6-,7+,9-,10?,11+/m0/s1. The summed E-state index contributed by atoms with van der Waals surface area (Å²) in [6, 6.07) is 1.25. The van der Waals surface area contributed by atoms with E-state index in [4.69, 9.17) is 9.47 Å². The van der Waals surface area contributed by atoms with Crippen LogP contribution in [0.1, 0.15) is 20.1 Å². The fraction of sp³-hybridized carbons (Fsp3) is 0.667. The van der Waals surface area contributed by atoms with Crippen molar-refractivity contribution in [3.63, 3.8) is 0 Å². The predicted molar refractivity (Wildman–Crippen MR) is 66.9 cm³/mol. The molecule has 0 amide bonds. The minimum atomic E-state index is -0.670. The zero-order valence-corrected chi connectivity index (χ0v) is 11.1. The summed E-state index contributed by atoms with van der Waals surface area (Å²) < 4.78 is 12.4. The molecule has 0 bridgehead atoms. The van der Waals surface area contributed by atoms with Gasteiger partial charge in [0.25, 0.3) is 5.56 Å². The van der Waals surface area contributed by atoms with Gasteiger partial charge in [0.1, 0.15) is 6.10 Å². The van der Waals surface area contributed by atoms with Gasteiger partial charge in [-0.3, -0.25) is 14.3 Å². The normalized spacial score (nSPS) is 32.4. The molecule has 2 heterocycles. The van der Waals surface area contributed by atoms with Crippen molar-refractivity contribution in [3.8, 4) is 0 Å². The number of aliphatic hydroxyl groups is 1. The van der Waals surface area contributed by atoms with Crippen LogP contribution < -0.4 is 11.2 Å². The van der Waals surface area contributed by atoms with Crippen LogP contribution in [-0.2, 0) is 9.47 Å². The van der Waals surface area contributed by atoms with E-state index in [-0.39, 0.29) is 12.0 Å². The van der Waals surface area contributed by atoms with Gasteiger partial charge in [0.05, 0.1) is 12.2 Å². The van der Waals surface area contributed by atoms with Gasteiger partial charge < -0.3 is 14.6 Å². The first kappa shape index (κ1) is 14.0. The summed E-state index contributed by atoms with van der Waals surface area (Å²) in [5.74, 6) is -0.0752. The number of nitrogens with zero attached hydrogens (tertiary/aromatic N) is 1. The van der Waals surface area contributed by atoms with Crippen LogP contribution in [0.15, 0.2) is 21.9 Å². The SMILES string of the molecule is COC1[C@@H](C)[C@@H]([C@@H](C)O)O[C@H]1n1ccc(=O)[nH]c1=O. The van der Waals surface area contributed by atoms with Crippen molar-refractivity contribution >= 4 is 0 Å². The largest absolute Gasteiger partial charge is 0.391 e. The molecule has 5 atom stereocenters. The van der Waals surface area contributed by atoms with Crippen LogP contribution in [0.5, 0.6) is 0 Å². The van der Waals surface area contributed by atoms with Crippen LogP contribution in [-0.4, -0.2) is 40.1 Å². The van der Waals surface area contributed by atoms with Crippen molar-refractivity contribution in [1.29, 1.82) is 0 Å². The second-order valence-corrected chi connectivity index (χ2v) is 4.81. The summed E-state index contributed by atoms with van der Waals surface area (Å²) in [5, 5.41) is 9.69. The number of methoxy groups -OCH3 is 1. The fourth-order valence-corrected chi connectivity index (χ4v) is 2.54. The number of ether oxygens (including phenoxy) is 2. The Hall–Kier alpha value is -1.44. The quantitative estimate of drug-likeness (QED) is 0.770. The van der Waals surface area contributed by atoms with Gasteiger partial charge in [-0.25, -0.2) is 4.79 Å². The second-order valence-electron chi connectivity index (χ2n) is 4.81. The monoisotopic (exact) mass is 270 g/mol. The molecule has 106 valence electrons. The molecule has 0 radical (unpaired) electrons. The van der Waals surface area contributed by atoms with E-state index in [0.717, 1.165) is 0 Å². The van der Waals surface area contributed by atoms with Crippen molar-refractivity contribution in [3.05, 3.63) is 33.1 Å². The molecule has 1 aliphatic heterocycles. The summed E-state index contributed by atoms with van der Waals surface area (Å²) in [4.78, 5) is 25.0. The van der Waals surface area contributed by atoms with Crippen molar-refractivity contribution in [2.45, 2.75) is 38.4 Å². The predicted octanol–water partition coefficient (Wildman–Crippen LogP) is -0.534. The molecule has 1 aliphatic rings. The highest BCUT2D eigenvalue weighted by molar-refractivity contribution is 4.93. The molecule has 7 nitrogen and oxygen atoms in total. The fourth-order valence-electron chi connectivity index (χ4n) is 2.54. The van der Waals surface area contributed by atoms with Crippen molar-refractivity contribution in [2.24, 2.45) is 5.92 Å². The topological polar surface area (TPSA) is 93.5 Å². The average Bonchev–Trinajstić information content (AvgIpc) is 2.66. The molecule has 0 aromatic carbocycles. The van der Waals surface area contributed by atoms with Crippen LogP contribution in [0, 0.1) is 5.92 Å². The van der Waals surface area contributed by atoms with E-state index < -0.39 is 29.7 Å². The maximum atomic E-state index is 11.8. The lowest BCUT2D eigenvalue weighted by atomic mass is 9.97. The molecular weight excluding hydrogens is 252 g/mol. The minimum Gasteiger partial charge on any atom is -0.391 e. The molecule has 2 N–H and O–H groups in total. The van der Waals surface area contributed by atoms with Gasteiger partial charge in [-0.2, -0.15) is 0 Å². The highest BCUT2D eigenvalue weighted by Crippen LogP contribution is 2.36. The number of hydrogen-bond donors (Lipinski definition) is 2.